The van der Waals surface area contributed by atoms with Gasteiger partial charge >= 0.3 is 0 Å². The van der Waals surface area contributed by atoms with Crippen molar-refractivity contribution in [2.24, 2.45) is 0 Å². The average Bonchev–Trinajstić information content (AvgIpc) is 2.84. The van der Waals surface area contributed by atoms with Crippen molar-refractivity contribution in [2.75, 3.05) is 7.05 Å². The molecule has 1 nitrogen and oxygen atoms in total. The molecule has 3 rings (SSSR count). The van der Waals surface area contributed by atoms with Crippen LogP contribution in [0.25, 0.3) is 0 Å². The Bertz CT molecular complexity index is 518. The first kappa shape index (κ1) is 11.5. The van der Waals surface area contributed by atoms with Crippen molar-refractivity contribution in [3.8, 4) is 0 Å². The molecule has 1 atom stereocenters. The number of fused-ring (bicyclic) bond motifs is 1. The van der Waals surface area contributed by atoms with Crippen molar-refractivity contribution >= 4 is 0 Å². The van der Waals surface area contributed by atoms with Crippen molar-refractivity contribution < 1.29 is 0 Å². The lowest BCUT2D eigenvalue weighted by atomic mass is 10.1. The Morgan fingerprint density at radius 1 is 1.00 bits per heavy atom. The molecular formula is C17H19N. The number of benzene rings is 2. The van der Waals surface area contributed by atoms with Crippen LogP contribution in [0.1, 0.15) is 29.2 Å². The maximum absolute atomic E-state index is 2.47. The van der Waals surface area contributed by atoms with E-state index >= 15 is 0 Å². The molecule has 2 aromatic carbocycles. The summed E-state index contributed by atoms with van der Waals surface area (Å²) in [6.45, 7) is 1.03. The van der Waals surface area contributed by atoms with Gasteiger partial charge in [0.25, 0.3) is 0 Å². The molecule has 0 fully saturated rings. The summed E-state index contributed by atoms with van der Waals surface area (Å²) in [4.78, 5) is 2.47. The Morgan fingerprint density at radius 2 is 1.72 bits per heavy atom. The van der Waals surface area contributed by atoms with Gasteiger partial charge in [-0.3, -0.25) is 4.90 Å². The zero-order chi connectivity index (χ0) is 12.4. The molecule has 1 aliphatic rings. The fourth-order valence-corrected chi connectivity index (χ4v) is 2.97. The van der Waals surface area contributed by atoms with Gasteiger partial charge in [0.05, 0.1) is 0 Å². The van der Waals surface area contributed by atoms with Crippen LogP contribution in [0, 0.1) is 0 Å². The molecule has 1 aliphatic carbocycles. The highest BCUT2D eigenvalue weighted by molar-refractivity contribution is 5.34. The third-order valence-corrected chi connectivity index (χ3v) is 3.91. The van der Waals surface area contributed by atoms with Crippen molar-refractivity contribution in [1.29, 1.82) is 0 Å². The van der Waals surface area contributed by atoms with Crippen molar-refractivity contribution in [1.82, 2.24) is 4.90 Å². The molecule has 18 heavy (non-hydrogen) atoms. The van der Waals surface area contributed by atoms with E-state index < -0.39 is 0 Å². The molecule has 0 bridgehead atoms. The van der Waals surface area contributed by atoms with E-state index in [9.17, 15) is 0 Å². The number of aryl methyl sites for hydroxylation is 1. The second-order valence-corrected chi connectivity index (χ2v) is 5.15. The summed E-state index contributed by atoms with van der Waals surface area (Å²) in [5.41, 5.74) is 4.45. The first-order valence-corrected chi connectivity index (χ1v) is 6.66. The molecular weight excluding hydrogens is 218 g/mol. The van der Waals surface area contributed by atoms with Crippen LogP contribution in [0.5, 0.6) is 0 Å². The summed E-state index contributed by atoms with van der Waals surface area (Å²) in [5, 5.41) is 0. The van der Waals surface area contributed by atoms with E-state index in [2.05, 4.69) is 66.5 Å². The van der Waals surface area contributed by atoms with Gasteiger partial charge in [-0.05, 0) is 36.6 Å². The van der Waals surface area contributed by atoms with Crippen LogP contribution in [0.3, 0.4) is 0 Å². The molecule has 0 radical (unpaired) electrons. The van der Waals surface area contributed by atoms with Crippen molar-refractivity contribution in [3.63, 3.8) is 0 Å². The Labute approximate surface area is 109 Å². The van der Waals surface area contributed by atoms with E-state index in [-0.39, 0.29) is 0 Å². The lowest BCUT2D eigenvalue weighted by molar-refractivity contribution is 0.236. The Kier molecular flexibility index (Phi) is 3.16. The second-order valence-electron chi connectivity index (χ2n) is 5.15. The predicted molar refractivity (Wildman–Crippen MR) is 75.4 cm³/mol. The van der Waals surface area contributed by atoms with Gasteiger partial charge in [0.1, 0.15) is 0 Å². The molecule has 1 heteroatoms. The standard InChI is InChI=1S/C17H19N/c1-18(13-14-7-3-2-4-8-14)17-12-11-15-9-5-6-10-16(15)17/h2-10,17H,11-13H2,1H3. The van der Waals surface area contributed by atoms with E-state index in [0.29, 0.717) is 6.04 Å². The van der Waals surface area contributed by atoms with Gasteiger partial charge in [-0.2, -0.15) is 0 Å². The van der Waals surface area contributed by atoms with Crippen LogP contribution in [0.15, 0.2) is 54.6 Å². The fourth-order valence-electron chi connectivity index (χ4n) is 2.97. The Hall–Kier alpha value is -1.60. The molecule has 0 saturated heterocycles. The summed E-state index contributed by atoms with van der Waals surface area (Å²) < 4.78 is 0. The minimum absolute atomic E-state index is 0.585. The molecule has 0 saturated carbocycles. The SMILES string of the molecule is CN(Cc1ccccc1)C1CCc2ccccc21. The molecule has 92 valence electrons. The predicted octanol–water partition coefficient (Wildman–Crippen LogP) is 3.81. The van der Waals surface area contributed by atoms with Crippen molar-refractivity contribution in [2.45, 2.75) is 25.4 Å². The Balaban J connectivity index is 1.77. The summed E-state index contributed by atoms with van der Waals surface area (Å²) in [7, 11) is 2.24. The average molecular weight is 237 g/mol. The quantitative estimate of drug-likeness (QED) is 0.784. The topological polar surface area (TPSA) is 3.24 Å². The highest BCUT2D eigenvalue weighted by Gasteiger charge is 2.25. The zero-order valence-corrected chi connectivity index (χ0v) is 10.8. The lowest BCUT2D eigenvalue weighted by Gasteiger charge is -2.25. The maximum atomic E-state index is 2.47. The normalized spacial score (nSPS) is 18.0. The van der Waals surface area contributed by atoms with Crippen LogP contribution in [0.4, 0.5) is 0 Å². The molecule has 0 heterocycles. The van der Waals surface area contributed by atoms with Gasteiger partial charge in [-0.1, -0.05) is 54.6 Å². The first-order valence-electron chi connectivity index (χ1n) is 6.66. The van der Waals surface area contributed by atoms with Crippen LogP contribution in [-0.4, -0.2) is 11.9 Å². The van der Waals surface area contributed by atoms with E-state index in [1.807, 2.05) is 0 Å². The van der Waals surface area contributed by atoms with Gasteiger partial charge in [0, 0.05) is 12.6 Å². The third kappa shape index (κ3) is 2.19. The minimum atomic E-state index is 0.585. The molecule has 0 aromatic heterocycles. The molecule has 0 amide bonds. The number of hydrogen-bond acceptors (Lipinski definition) is 1. The van der Waals surface area contributed by atoms with E-state index in [1.165, 1.54) is 29.5 Å². The van der Waals surface area contributed by atoms with Gasteiger partial charge in [-0.15, -0.1) is 0 Å². The molecule has 1 unspecified atom stereocenters. The van der Waals surface area contributed by atoms with Gasteiger partial charge < -0.3 is 0 Å². The van der Waals surface area contributed by atoms with Crippen LogP contribution in [0.2, 0.25) is 0 Å². The number of nitrogens with zero attached hydrogens (tertiary/aromatic N) is 1. The van der Waals surface area contributed by atoms with Gasteiger partial charge in [0.15, 0.2) is 0 Å². The number of hydrogen-bond donors (Lipinski definition) is 0. The smallest absolute Gasteiger partial charge is 0.0354 e. The minimum Gasteiger partial charge on any atom is -0.295 e. The summed E-state index contributed by atoms with van der Waals surface area (Å²) in [5.74, 6) is 0. The largest absolute Gasteiger partial charge is 0.295 e. The highest BCUT2D eigenvalue weighted by Crippen LogP contribution is 2.35. The third-order valence-electron chi connectivity index (χ3n) is 3.91. The van der Waals surface area contributed by atoms with Crippen LogP contribution in [-0.2, 0) is 13.0 Å². The Morgan fingerprint density at radius 3 is 2.56 bits per heavy atom. The first-order chi connectivity index (χ1) is 8.84. The lowest BCUT2D eigenvalue weighted by Crippen LogP contribution is -2.22. The van der Waals surface area contributed by atoms with Crippen LogP contribution >= 0.6 is 0 Å². The monoisotopic (exact) mass is 237 g/mol. The number of rotatable bonds is 3. The second kappa shape index (κ2) is 4.95. The fraction of sp³-hybridized carbons (Fsp3) is 0.294. The summed E-state index contributed by atoms with van der Waals surface area (Å²) in [6.07, 6.45) is 2.47. The van der Waals surface area contributed by atoms with E-state index in [4.69, 9.17) is 0 Å². The zero-order valence-electron chi connectivity index (χ0n) is 10.8. The summed E-state index contributed by atoms with van der Waals surface area (Å²) >= 11 is 0. The van der Waals surface area contributed by atoms with Gasteiger partial charge in [0.2, 0.25) is 0 Å². The molecule has 0 aliphatic heterocycles. The maximum Gasteiger partial charge on any atom is 0.0354 e. The molecule has 0 spiro atoms. The molecule has 2 aromatic rings. The van der Waals surface area contributed by atoms with E-state index in [1.54, 1.807) is 0 Å². The van der Waals surface area contributed by atoms with Crippen molar-refractivity contribution in [3.05, 3.63) is 71.3 Å². The van der Waals surface area contributed by atoms with E-state index in [0.717, 1.165) is 6.54 Å². The summed E-state index contributed by atoms with van der Waals surface area (Å²) in [6, 6.07) is 20.2. The van der Waals surface area contributed by atoms with Gasteiger partial charge in [-0.25, -0.2) is 0 Å². The highest BCUT2D eigenvalue weighted by atomic mass is 15.1. The molecule has 0 N–H and O–H groups in total. The van der Waals surface area contributed by atoms with Crippen LogP contribution < -0.4 is 0 Å².